The number of nitrogens with zero attached hydrogens (tertiary/aromatic N) is 3. The number of nitrogens with one attached hydrogen (secondary N) is 2. The number of anilines is 3. The van der Waals surface area contributed by atoms with Crippen molar-refractivity contribution in [3.8, 4) is 0 Å². The van der Waals surface area contributed by atoms with Crippen molar-refractivity contribution in [3.63, 3.8) is 0 Å². The molecule has 0 aliphatic rings. The first-order valence-corrected chi connectivity index (χ1v) is 7.67. The van der Waals surface area contributed by atoms with Gasteiger partial charge in [0.05, 0.1) is 10.6 Å². The second kappa shape index (κ2) is 7.53. The Morgan fingerprint density at radius 2 is 1.79 bits per heavy atom. The minimum absolute atomic E-state index is 0.0348. The molecule has 3 rings (SSSR count). The zero-order valence-corrected chi connectivity index (χ0v) is 14.3. The van der Waals surface area contributed by atoms with Crippen molar-refractivity contribution in [2.45, 2.75) is 6.92 Å². The molecule has 0 fully saturated rings. The fraction of sp³-hybridized carbons (Fsp3) is 0.0625. The molecule has 13 heteroatoms. The molecular formula is C16H9F4N5O4. The number of carbonyl (C=O) groups is 1. The van der Waals surface area contributed by atoms with E-state index in [1.54, 1.807) is 0 Å². The highest BCUT2D eigenvalue weighted by Crippen LogP contribution is 2.30. The number of hydrogen-bond donors (Lipinski definition) is 2. The van der Waals surface area contributed by atoms with Gasteiger partial charge in [-0.2, -0.15) is 0 Å². The number of benzene rings is 2. The lowest BCUT2D eigenvalue weighted by molar-refractivity contribution is -0.384. The molecule has 0 aliphatic carbocycles. The molecule has 1 amide bonds. The molecular weight excluding hydrogens is 402 g/mol. The van der Waals surface area contributed by atoms with Crippen molar-refractivity contribution >= 4 is 29.0 Å². The van der Waals surface area contributed by atoms with Gasteiger partial charge in [0, 0.05) is 18.2 Å². The minimum atomic E-state index is -1.42. The van der Waals surface area contributed by atoms with Gasteiger partial charge in [-0.15, -0.1) is 5.10 Å². The van der Waals surface area contributed by atoms with Crippen molar-refractivity contribution in [2.24, 2.45) is 0 Å². The van der Waals surface area contributed by atoms with Crippen LogP contribution in [-0.2, 0) is 0 Å². The van der Waals surface area contributed by atoms with E-state index in [-0.39, 0.29) is 11.6 Å². The van der Waals surface area contributed by atoms with Crippen LogP contribution in [0.3, 0.4) is 0 Å². The van der Waals surface area contributed by atoms with Gasteiger partial charge in [-0.25, -0.2) is 17.6 Å². The molecule has 29 heavy (non-hydrogen) atoms. The molecule has 0 radical (unpaired) electrons. The molecule has 2 aromatic carbocycles. The third-order valence-electron chi connectivity index (χ3n) is 3.62. The third-order valence-corrected chi connectivity index (χ3v) is 3.62. The lowest BCUT2D eigenvalue weighted by Gasteiger charge is -2.07. The Labute approximate surface area is 158 Å². The number of halogens is 4. The van der Waals surface area contributed by atoms with Gasteiger partial charge < -0.3 is 15.1 Å². The summed E-state index contributed by atoms with van der Waals surface area (Å²) in [4.78, 5) is 22.3. The van der Waals surface area contributed by atoms with Crippen LogP contribution in [0.4, 0.5) is 40.6 Å². The Hall–Kier alpha value is -4.03. The summed E-state index contributed by atoms with van der Waals surface area (Å²) in [5, 5.41) is 21.8. The highest BCUT2D eigenvalue weighted by molar-refractivity contribution is 6.02. The number of carbonyl (C=O) groups excluding carboxylic acids is 1. The second-order valence-electron chi connectivity index (χ2n) is 5.59. The molecule has 0 saturated carbocycles. The minimum Gasteiger partial charge on any atom is -0.399 e. The Morgan fingerprint density at radius 3 is 2.48 bits per heavy atom. The quantitative estimate of drug-likeness (QED) is 0.283. The summed E-state index contributed by atoms with van der Waals surface area (Å²) in [5.74, 6) is -6.93. The first-order chi connectivity index (χ1) is 13.7. The number of nitro benzene ring substituents is 1. The molecule has 0 unspecified atom stereocenters. The van der Waals surface area contributed by atoms with Crippen molar-refractivity contribution in [1.82, 2.24) is 10.2 Å². The number of hydrogen-bond acceptors (Lipinski definition) is 7. The van der Waals surface area contributed by atoms with E-state index >= 15 is 0 Å². The van der Waals surface area contributed by atoms with Crippen molar-refractivity contribution in [3.05, 3.63) is 69.1 Å². The number of aryl methyl sites for hydroxylation is 1. The van der Waals surface area contributed by atoms with Crippen LogP contribution in [0.2, 0.25) is 0 Å². The average Bonchev–Trinajstić information content (AvgIpc) is 3.12. The summed E-state index contributed by atoms with van der Waals surface area (Å²) in [6, 6.07) is 2.36. The SMILES string of the molecule is Cc1ccc([N+](=O)[O-])c(NC(=O)c2nnc(Nc3cc(F)c(F)cc3F)o2)c1F. The van der Waals surface area contributed by atoms with Gasteiger partial charge in [0.25, 0.3) is 5.69 Å². The smallest absolute Gasteiger partial charge is 0.320 e. The Balaban J connectivity index is 1.83. The van der Waals surface area contributed by atoms with E-state index in [1.807, 2.05) is 5.32 Å². The van der Waals surface area contributed by atoms with Gasteiger partial charge in [0.1, 0.15) is 5.82 Å². The zero-order chi connectivity index (χ0) is 21.3. The standard InChI is InChI=1S/C16H9F4N5O4/c1-6-2-3-11(25(27)28)13(12(6)20)22-14(26)15-23-24-16(29-15)21-10-5-8(18)7(17)4-9(10)19/h2-5H,1H3,(H,21,24)(H,22,26). The molecule has 0 atom stereocenters. The average molecular weight is 411 g/mol. The van der Waals surface area contributed by atoms with Gasteiger partial charge in [-0.1, -0.05) is 5.10 Å². The van der Waals surface area contributed by atoms with Crippen LogP contribution in [0.1, 0.15) is 16.2 Å². The van der Waals surface area contributed by atoms with Gasteiger partial charge in [-0.05, 0) is 18.6 Å². The van der Waals surface area contributed by atoms with Crippen LogP contribution in [-0.4, -0.2) is 21.0 Å². The van der Waals surface area contributed by atoms with E-state index in [0.717, 1.165) is 12.1 Å². The van der Waals surface area contributed by atoms with Crippen LogP contribution >= 0.6 is 0 Å². The summed E-state index contributed by atoms with van der Waals surface area (Å²) in [5.41, 5.74) is -1.94. The van der Waals surface area contributed by atoms with Gasteiger partial charge in [0.2, 0.25) is 0 Å². The molecule has 9 nitrogen and oxygen atoms in total. The normalized spacial score (nSPS) is 10.7. The summed E-state index contributed by atoms with van der Waals surface area (Å²) in [6.45, 7) is 1.33. The maximum atomic E-state index is 14.2. The van der Waals surface area contributed by atoms with E-state index in [2.05, 4.69) is 15.5 Å². The lowest BCUT2D eigenvalue weighted by Crippen LogP contribution is -2.15. The van der Waals surface area contributed by atoms with Crippen molar-refractivity contribution < 1.29 is 31.7 Å². The second-order valence-corrected chi connectivity index (χ2v) is 5.59. The van der Waals surface area contributed by atoms with E-state index in [1.165, 1.54) is 6.92 Å². The Morgan fingerprint density at radius 1 is 1.10 bits per heavy atom. The Bertz CT molecular complexity index is 1130. The third kappa shape index (κ3) is 3.97. The topological polar surface area (TPSA) is 123 Å². The van der Waals surface area contributed by atoms with E-state index in [9.17, 15) is 32.5 Å². The molecule has 0 spiro atoms. The summed E-state index contributed by atoms with van der Waals surface area (Å²) in [7, 11) is 0. The fourth-order valence-corrected chi connectivity index (χ4v) is 2.21. The lowest BCUT2D eigenvalue weighted by atomic mass is 10.1. The van der Waals surface area contributed by atoms with E-state index < -0.39 is 63.1 Å². The monoisotopic (exact) mass is 411 g/mol. The molecule has 1 heterocycles. The molecule has 150 valence electrons. The maximum Gasteiger partial charge on any atom is 0.320 e. The van der Waals surface area contributed by atoms with Crippen LogP contribution in [0.25, 0.3) is 0 Å². The largest absolute Gasteiger partial charge is 0.399 e. The van der Waals surface area contributed by atoms with Gasteiger partial charge >= 0.3 is 17.8 Å². The van der Waals surface area contributed by atoms with Crippen LogP contribution in [0.15, 0.2) is 28.7 Å². The van der Waals surface area contributed by atoms with Crippen LogP contribution < -0.4 is 10.6 Å². The predicted octanol–water partition coefficient (Wildman–Crippen LogP) is 3.84. The molecule has 3 aromatic rings. The summed E-state index contributed by atoms with van der Waals surface area (Å²) in [6.07, 6.45) is 0. The van der Waals surface area contributed by atoms with Crippen molar-refractivity contribution in [2.75, 3.05) is 10.6 Å². The predicted molar refractivity (Wildman–Crippen MR) is 89.6 cm³/mol. The van der Waals surface area contributed by atoms with E-state index in [0.29, 0.717) is 6.07 Å². The molecule has 1 aromatic heterocycles. The molecule has 2 N–H and O–H groups in total. The highest BCUT2D eigenvalue weighted by Gasteiger charge is 2.25. The number of rotatable bonds is 5. The first kappa shape index (κ1) is 19.7. The van der Waals surface area contributed by atoms with Crippen molar-refractivity contribution in [1.29, 1.82) is 0 Å². The van der Waals surface area contributed by atoms with E-state index in [4.69, 9.17) is 4.42 Å². The highest BCUT2D eigenvalue weighted by atomic mass is 19.2. The summed E-state index contributed by atoms with van der Waals surface area (Å²) >= 11 is 0. The number of amides is 1. The van der Waals surface area contributed by atoms with Crippen LogP contribution in [0, 0.1) is 40.3 Å². The maximum absolute atomic E-state index is 14.2. The van der Waals surface area contributed by atoms with Gasteiger partial charge in [-0.3, -0.25) is 14.9 Å². The number of nitro groups is 1. The Kier molecular flexibility index (Phi) is 5.12. The zero-order valence-electron chi connectivity index (χ0n) is 14.3. The van der Waals surface area contributed by atoms with Crippen LogP contribution in [0.5, 0.6) is 0 Å². The van der Waals surface area contributed by atoms with Gasteiger partial charge in [0.15, 0.2) is 23.1 Å². The molecule has 0 saturated heterocycles. The molecule has 0 aliphatic heterocycles. The molecule has 0 bridgehead atoms. The summed E-state index contributed by atoms with van der Waals surface area (Å²) < 4.78 is 58.9. The fourth-order valence-electron chi connectivity index (χ4n) is 2.21. The number of aromatic nitrogens is 2. The first-order valence-electron chi connectivity index (χ1n) is 7.67.